The highest BCUT2D eigenvalue weighted by atomic mass is 16.5. The number of benzene rings is 1. The van der Waals surface area contributed by atoms with Crippen LogP contribution in [0.2, 0.25) is 0 Å². The Labute approximate surface area is 169 Å². The van der Waals surface area contributed by atoms with Crippen LogP contribution in [-0.4, -0.2) is 41.2 Å². The molecule has 2 fully saturated rings. The molecule has 4 rings (SSSR count). The van der Waals surface area contributed by atoms with Crippen molar-refractivity contribution in [2.24, 2.45) is 11.8 Å². The summed E-state index contributed by atoms with van der Waals surface area (Å²) in [6.07, 6.45) is 6.43. The van der Waals surface area contributed by atoms with Crippen molar-refractivity contribution in [2.45, 2.75) is 57.9 Å². The fraction of sp³-hybridized carbons (Fsp3) is 0.545. The van der Waals surface area contributed by atoms with Crippen LogP contribution in [0.5, 0.6) is 0 Å². The molecule has 1 N–H and O–H groups in total. The standard InChI is InChI=1S/C22H26N2O5/c1-13(24-20(26)17-7-2-3-8-18(17)21(24)27)22(28)29-12-19(25)23-16-10-9-14-5-4-6-15(14)11-16/h9-11,13,17-18H,2-8,12H2,1H3,(H,23,25)/t13-,17-,18-/m0/s1. The zero-order valence-electron chi connectivity index (χ0n) is 16.6. The second-order valence-corrected chi connectivity index (χ2v) is 8.21. The van der Waals surface area contributed by atoms with Crippen LogP contribution in [0.15, 0.2) is 18.2 Å². The second-order valence-electron chi connectivity index (χ2n) is 8.21. The SMILES string of the molecule is C[C@@H](C(=O)OCC(=O)Nc1ccc2c(c1)CCC2)N1C(=O)[C@H]2CCCC[C@@H]2C1=O. The van der Waals surface area contributed by atoms with E-state index in [0.29, 0.717) is 18.5 Å². The molecule has 0 bridgehead atoms. The summed E-state index contributed by atoms with van der Waals surface area (Å²) in [6, 6.07) is 4.79. The number of hydrogen-bond acceptors (Lipinski definition) is 5. The van der Waals surface area contributed by atoms with Gasteiger partial charge in [0, 0.05) is 5.69 Å². The molecule has 3 aliphatic rings. The van der Waals surface area contributed by atoms with Crippen LogP contribution in [-0.2, 0) is 36.8 Å². The molecule has 3 amide bonds. The number of imide groups is 1. The third-order valence-electron chi connectivity index (χ3n) is 6.33. The summed E-state index contributed by atoms with van der Waals surface area (Å²) in [7, 11) is 0. The Hall–Kier alpha value is -2.70. The first-order valence-electron chi connectivity index (χ1n) is 10.4. The highest BCUT2D eigenvalue weighted by Gasteiger charge is 2.51. The molecule has 1 aliphatic heterocycles. The summed E-state index contributed by atoms with van der Waals surface area (Å²) < 4.78 is 5.10. The van der Waals surface area contributed by atoms with Crippen LogP contribution in [0.3, 0.4) is 0 Å². The van der Waals surface area contributed by atoms with E-state index < -0.39 is 24.5 Å². The molecule has 29 heavy (non-hydrogen) atoms. The fourth-order valence-electron chi connectivity index (χ4n) is 4.78. The van der Waals surface area contributed by atoms with Gasteiger partial charge in [-0.3, -0.25) is 19.3 Å². The zero-order valence-corrected chi connectivity index (χ0v) is 16.6. The van der Waals surface area contributed by atoms with Crippen LogP contribution in [0.25, 0.3) is 0 Å². The normalized spacial score (nSPS) is 24.1. The van der Waals surface area contributed by atoms with E-state index in [0.717, 1.165) is 37.0 Å². The zero-order chi connectivity index (χ0) is 20.5. The van der Waals surface area contributed by atoms with Gasteiger partial charge >= 0.3 is 5.97 Å². The summed E-state index contributed by atoms with van der Waals surface area (Å²) in [5.74, 6) is -2.38. The molecular weight excluding hydrogens is 372 g/mol. The number of esters is 1. The quantitative estimate of drug-likeness (QED) is 0.606. The molecule has 1 aromatic carbocycles. The van der Waals surface area contributed by atoms with Crippen molar-refractivity contribution in [3.05, 3.63) is 29.3 Å². The van der Waals surface area contributed by atoms with Gasteiger partial charge in [0.25, 0.3) is 5.91 Å². The van der Waals surface area contributed by atoms with Crippen molar-refractivity contribution >= 4 is 29.4 Å². The smallest absolute Gasteiger partial charge is 0.329 e. The molecule has 0 aromatic heterocycles. The van der Waals surface area contributed by atoms with Crippen LogP contribution < -0.4 is 5.32 Å². The number of ether oxygens (including phenoxy) is 1. The van der Waals surface area contributed by atoms with Gasteiger partial charge in [-0.1, -0.05) is 18.9 Å². The maximum atomic E-state index is 12.6. The minimum Gasteiger partial charge on any atom is -0.454 e. The molecule has 2 aliphatic carbocycles. The Morgan fingerprint density at radius 2 is 1.72 bits per heavy atom. The topological polar surface area (TPSA) is 92.8 Å². The van der Waals surface area contributed by atoms with Gasteiger partial charge in [0.15, 0.2) is 6.61 Å². The lowest BCUT2D eigenvalue weighted by atomic mass is 9.81. The first kappa shape index (κ1) is 19.6. The summed E-state index contributed by atoms with van der Waals surface area (Å²) in [6.45, 7) is 1.03. The molecular formula is C22H26N2O5. The van der Waals surface area contributed by atoms with Crippen molar-refractivity contribution in [1.82, 2.24) is 4.90 Å². The number of nitrogens with zero attached hydrogens (tertiary/aromatic N) is 1. The van der Waals surface area contributed by atoms with Crippen molar-refractivity contribution in [2.75, 3.05) is 11.9 Å². The molecule has 0 spiro atoms. The number of amides is 3. The monoisotopic (exact) mass is 398 g/mol. The average molecular weight is 398 g/mol. The summed E-state index contributed by atoms with van der Waals surface area (Å²) in [5.41, 5.74) is 3.22. The van der Waals surface area contributed by atoms with E-state index in [-0.39, 0.29) is 23.7 Å². The van der Waals surface area contributed by atoms with Gasteiger partial charge in [0.2, 0.25) is 11.8 Å². The van der Waals surface area contributed by atoms with Crippen molar-refractivity contribution < 1.29 is 23.9 Å². The highest BCUT2D eigenvalue weighted by molar-refractivity contribution is 6.08. The molecule has 1 saturated heterocycles. The van der Waals surface area contributed by atoms with Gasteiger partial charge in [0.05, 0.1) is 11.8 Å². The van der Waals surface area contributed by atoms with Crippen LogP contribution in [0.4, 0.5) is 5.69 Å². The summed E-state index contributed by atoms with van der Waals surface area (Å²) in [4.78, 5) is 50.8. The van der Waals surface area contributed by atoms with E-state index in [9.17, 15) is 19.2 Å². The number of nitrogens with one attached hydrogen (secondary N) is 1. The molecule has 1 aromatic rings. The molecule has 1 heterocycles. The van der Waals surface area contributed by atoms with E-state index >= 15 is 0 Å². The van der Waals surface area contributed by atoms with Gasteiger partial charge in [-0.2, -0.15) is 0 Å². The number of likely N-dealkylation sites (tertiary alicyclic amines) is 1. The van der Waals surface area contributed by atoms with Crippen LogP contribution in [0.1, 0.15) is 50.2 Å². The Balaban J connectivity index is 1.31. The van der Waals surface area contributed by atoms with Gasteiger partial charge < -0.3 is 10.1 Å². The van der Waals surface area contributed by atoms with E-state index in [4.69, 9.17) is 4.74 Å². The Kier molecular flexibility index (Phi) is 5.39. The lowest BCUT2D eigenvalue weighted by Crippen LogP contribution is -2.45. The van der Waals surface area contributed by atoms with E-state index in [1.54, 1.807) is 0 Å². The number of rotatable bonds is 5. The lowest BCUT2D eigenvalue weighted by molar-refractivity contribution is -0.159. The molecule has 1 saturated carbocycles. The third-order valence-corrected chi connectivity index (χ3v) is 6.33. The summed E-state index contributed by atoms with van der Waals surface area (Å²) in [5, 5.41) is 2.73. The molecule has 7 heteroatoms. The van der Waals surface area contributed by atoms with Crippen LogP contribution in [0, 0.1) is 11.8 Å². The van der Waals surface area contributed by atoms with Gasteiger partial charge in [-0.15, -0.1) is 0 Å². The van der Waals surface area contributed by atoms with E-state index in [1.165, 1.54) is 18.1 Å². The maximum Gasteiger partial charge on any atom is 0.329 e. The number of fused-ring (bicyclic) bond motifs is 2. The Morgan fingerprint density at radius 3 is 2.41 bits per heavy atom. The number of anilines is 1. The molecule has 7 nitrogen and oxygen atoms in total. The average Bonchev–Trinajstić information content (AvgIpc) is 3.28. The minimum atomic E-state index is -1.02. The predicted molar refractivity (Wildman–Crippen MR) is 105 cm³/mol. The molecule has 0 unspecified atom stereocenters. The first-order valence-corrected chi connectivity index (χ1v) is 10.4. The molecule has 0 radical (unpaired) electrons. The largest absolute Gasteiger partial charge is 0.454 e. The number of aryl methyl sites for hydroxylation is 2. The van der Waals surface area contributed by atoms with Gasteiger partial charge in [-0.25, -0.2) is 4.79 Å². The Bertz CT molecular complexity index is 841. The lowest BCUT2D eigenvalue weighted by Gasteiger charge is -2.21. The Morgan fingerprint density at radius 1 is 1.07 bits per heavy atom. The number of hydrogen-bond donors (Lipinski definition) is 1. The van der Waals surface area contributed by atoms with E-state index in [1.807, 2.05) is 18.2 Å². The van der Waals surface area contributed by atoms with Crippen molar-refractivity contribution in [3.8, 4) is 0 Å². The minimum absolute atomic E-state index is 0.285. The second kappa shape index (κ2) is 7.97. The first-order chi connectivity index (χ1) is 14.0. The van der Waals surface area contributed by atoms with Gasteiger partial charge in [0.1, 0.15) is 6.04 Å². The van der Waals surface area contributed by atoms with Crippen molar-refractivity contribution in [3.63, 3.8) is 0 Å². The number of carbonyl (C=O) groups is 4. The van der Waals surface area contributed by atoms with Crippen molar-refractivity contribution in [1.29, 1.82) is 0 Å². The van der Waals surface area contributed by atoms with Gasteiger partial charge in [-0.05, 0) is 62.3 Å². The highest BCUT2D eigenvalue weighted by Crippen LogP contribution is 2.38. The predicted octanol–water partition coefficient (Wildman–Crippen LogP) is 2.22. The molecule has 3 atom stereocenters. The van der Waals surface area contributed by atoms with Crippen LogP contribution >= 0.6 is 0 Å². The van der Waals surface area contributed by atoms with E-state index in [2.05, 4.69) is 5.32 Å². The molecule has 154 valence electrons. The fourth-order valence-corrected chi connectivity index (χ4v) is 4.78. The maximum absolute atomic E-state index is 12.6. The summed E-state index contributed by atoms with van der Waals surface area (Å²) >= 11 is 0. The third kappa shape index (κ3) is 3.78. The number of carbonyl (C=O) groups excluding carboxylic acids is 4.